The standard InChI is InChI=1S/C8H9N3O2/c9-7(12)5-3-1-2-4-6(11-5)8(10)13/h1-4,11H,(H2,9,12)(H2,10,13). The molecule has 1 aliphatic rings. The van der Waals surface area contributed by atoms with Crippen molar-refractivity contribution in [3.8, 4) is 0 Å². The zero-order valence-electron chi connectivity index (χ0n) is 6.78. The number of rotatable bonds is 2. The van der Waals surface area contributed by atoms with E-state index in [1.165, 1.54) is 12.2 Å². The monoisotopic (exact) mass is 179 g/mol. The van der Waals surface area contributed by atoms with Crippen LogP contribution in [0.3, 0.4) is 0 Å². The van der Waals surface area contributed by atoms with E-state index in [-0.39, 0.29) is 11.4 Å². The summed E-state index contributed by atoms with van der Waals surface area (Å²) < 4.78 is 0. The predicted molar refractivity (Wildman–Crippen MR) is 46.8 cm³/mol. The average molecular weight is 179 g/mol. The molecular formula is C8H9N3O2. The molecule has 0 aromatic heterocycles. The number of amides is 2. The largest absolute Gasteiger partial charge is 0.364 e. The summed E-state index contributed by atoms with van der Waals surface area (Å²) in [6.45, 7) is 0. The van der Waals surface area contributed by atoms with E-state index in [9.17, 15) is 9.59 Å². The summed E-state index contributed by atoms with van der Waals surface area (Å²) in [5.74, 6) is -1.28. The number of hydrogen-bond acceptors (Lipinski definition) is 3. The molecule has 1 rings (SSSR count). The van der Waals surface area contributed by atoms with Crippen LogP contribution in [-0.4, -0.2) is 11.8 Å². The minimum Gasteiger partial charge on any atom is -0.364 e. The van der Waals surface area contributed by atoms with Crippen molar-refractivity contribution < 1.29 is 9.59 Å². The van der Waals surface area contributed by atoms with Gasteiger partial charge in [-0.25, -0.2) is 0 Å². The molecule has 5 nitrogen and oxygen atoms in total. The first-order valence-corrected chi connectivity index (χ1v) is 3.56. The van der Waals surface area contributed by atoms with Crippen molar-refractivity contribution in [1.82, 2.24) is 5.32 Å². The number of nitrogens with one attached hydrogen (secondary N) is 1. The number of primary amides is 2. The van der Waals surface area contributed by atoms with Crippen LogP contribution in [0.25, 0.3) is 0 Å². The Morgan fingerprint density at radius 1 is 1.00 bits per heavy atom. The molecular weight excluding hydrogens is 170 g/mol. The third-order valence-corrected chi connectivity index (χ3v) is 1.44. The Morgan fingerprint density at radius 3 is 1.69 bits per heavy atom. The maximum atomic E-state index is 10.8. The van der Waals surface area contributed by atoms with Crippen LogP contribution in [0, 0.1) is 0 Å². The van der Waals surface area contributed by atoms with Gasteiger partial charge in [-0.15, -0.1) is 0 Å². The second kappa shape index (κ2) is 3.57. The highest BCUT2D eigenvalue weighted by Crippen LogP contribution is 2.00. The number of hydrogen-bond donors (Lipinski definition) is 3. The molecule has 0 saturated carbocycles. The summed E-state index contributed by atoms with van der Waals surface area (Å²) in [5, 5.41) is 2.53. The number of carbonyl (C=O) groups excluding carboxylic acids is 2. The van der Waals surface area contributed by atoms with Gasteiger partial charge >= 0.3 is 0 Å². The average Bonchev–Trinajstić information content (AvgIpc) is 2.28. The molecule has 0 aromatic rings. The van der Waals surface area contributed by atoms with Crippen molar-refractivity contribution in [2.45, 2.75) is 0 Å². The van der Waals surface area contributed by atoms with Crippen LogP contribution in [-0.2, 0) is 9.59 Å². The molecule has 1 aliphatic heterocycles. The van der Waals surface area contributed by atoms with Crippen LogP contribution < -0.4 is 16.8 Å². The Balaban J connectivity index is 2.92. The summed E-state index contributed by atoms with van der Waals surface area (Å²) in [6, 6.07) is 0. The summed E-state index contributed by atoms with van der Waals surface area (Å²) in [5.41, 5.74) is 10.3. The highest BCUT2D eigenvalue weighted by Gasteiger charge is 2.10. The zero-order valence-corrected chi connectivity index (χ0v) is 6.78. The van der Waals surface area contributed by atoms with Gasteiger partial charge in [0.1, 0.15) is 11.4 Å². The Bertz CT molecular complexity index is 307. The molecule has 0 unspecified atom stereocenters. The molecule has 13 heavy (non-hydrogen) atoms. The molecule has 5 heteroatoms. The second-order valence-electron chi connectivity index (χ2n) is 2.40. The highest BCUT2D eigenvalue weighted by atomic mass is 16.2. The minimum atomic E-state index is -0.640. The van der Waals surface area contributed by atoms with E-state index in [1.807, 2.05) is 0 Å². The maximum absolute atomic E-state index is 10.8. The lowest BCUT2D eigenvalue weighted by molar-refractivity contribution is -0.115. The molecule has 0 bridgehead atoms. The lowest BCUT2D eigenvalue weighted by Gasteiger charge is -2.06. The molecule has 0 atom stereocenters. The first kappa shape index (κ1) is 9.05. The van der Waals surface area contributed by atoms with Crippen LogP contribution in [0.4, 0.5) is 0 Å². The van der Waals surface area contributed by atoms with Crippen molar-refractivity contribution in [3.05, 3.63) is 35.7 Å². The van der Waals surface area contributed by atoms with E-state index < -0.39 is 11.8 Å². The van der Waals surface area contributed by atoms with E-state index in [1.54, 1.807) is 12.2 Å². The van der Waals surface area contributed by atoms with Crippen LogP contribution in [0.1, 0.15) is 0 Å². The van der Waals surface area contributed by atoms with E-state index in [4.69, 9.17) is 11.5 Å². The normalized spacial score (nSPS) is 15.1. The van der Waals surface area contributed by atoms with Gasteiger partial charge in [0.2, 0.25) is 0 Å². The summed E-state index contributed by atoms with van der Waals surface area (Å²) in [4.78, 5) is 21.5. The van der Waals surface area contributed by atoms with Crippen LogP contribution in [0.15, 0.2) is 35.7 Å². The van der Waals surface area contributed by atoms with E-state index in [0.29, 0.717) is 0 Å². The number of nitrogens with two attached hydrogens (primary N) is 2. The van der Waals surface area contributed by atoms with Crippen LogP contribution >= 0.6 is 0 Å². The van der Waals surface area contributed by atoms with Crippen molar-refractivity contribution in [3.63, 3.8) is 0 Å². The van der Waals surface area contributed by atoms with Gasteiger partial charge in [0, 0.05) is 0 Å². The van der Waals surface area contributed by atoms with Crippen molar-refractivity contribution in [2.75, 3.05) is 0 Å². The summed E-state index contributed by atoms with van der Waals surface area (Å²) >= 11 is 0. The summed E-state index contributed by atoms with van der Waals surface area (Å²) in [7, 11) is 0. The zero-order chi connectivity index (χ0) is 9.84. The molecule has 0 saturated heterocycles. The highest BCUT2D eigenvalue weighted by molar-refractivity contribution is 5.97. The van der Waals surface area contributed by atoms with Gasteiger partial charge in [-0.05, 0) is 12.2 Å². The van der Waals surface area contributed by atoms with Gasteiger partial charge in [0.25, 0.3) is 11.8 Å². The third kappa shape index (κ3) is 2.19. The van der Waals surface area contributed by atoms with Crippen molar-refractivity contribution in [2.24, 2.45) is 11.5 Å². The lowest BCUT2D eigenvalue weighted by atomic mass is 10.3. The van der Waals surface area contributed by atoms with Crippen LogP contribution in [0.2, 0.25) is 0 Å². The fourth-order valence-corrected chi connectivity index (χ4v) is 0.819. The molecule has 68 valence electrons. The van der Waals surface area contributed by atoms with Crippen molar-refractivity contribution in [1.29, 1.82) is 0 Å². The Morgan fingerprint density at radius 2 is 1.38 bits per heavy atom. The molecule has 1 heterocycles. The fourth-order valence-electron chi connectivity index (χ4n) is 0.819. The van der Waals surface area contributed by atoms with Crippen molar-refractivity contribution >= 4 is 11.8 Å². The smallest absolute Gasteiger partial charge is 0.265 e. The van der Waals surface area contributed by atoms with Gasteiger partial charge in [-0.1, -0.05) is 12.2 Å². The molecule has 0 fully saturated rings. The molecule has 0 radical (unpaired) electrons. The second-order valence-corrected chi connectivity index (χ2v) is 2.40. The van der Waals surface area contributed by atoms with E-state index >= 15 is 0 Å². The molecule has 0 aliphatic carbocycles. The van der Waals surface area contributed by atoms with E-state index in [0.717, 1.165) is 0 Å². The topological polar surface area (TPSA) is 98.2 Å². The van der Waals surface area contributed by atoms with Gasteiger partial charge in [-0.3, -0.25) is 9.59 Å². The Labute approximate surface area is 74.8 Å². The lowest BCUT2D eigenvalue weighted by Crippen LogP contribution is -2.31. The van der Waals surface area contributed by atoms with E-state index in [2.05, 4.69) is 5.32 Å². The quantitative estimate of drug-likeness (QED) is 0.501. The maximum Gasteiger partial charge on any atom is 0.265 e. The molecule has 0 aromatic carbocycles. The van der Waals surface area contributed by atoms with Gasteiger partial charge in [0.05, 0.1) is 0 Å². The first-order valence-electron chi connectivity index (χ1n) is 3.56. The Hall–Kier alpha value is -2.04. The number of allylic oxidation sites excluding steroid dienone is 4. The van der Waals surface area contributed by atoms with Gasteiger partial charge in [0.15, 0.2) is 0 Å². The summed E-state index contributed by atoms with van der Waals surface area (Å²) in [6.07, 6.45) is 6.11. The predicted octanol–water partition coefficient (Wildman–Crippen LogP) is -1.12. The van der Waals surface area contributed by atoms with Crippen LogP contribution in [0.5, 0.6) is 0 Å². The fraction of sp³-hybridized carbons (Fsp3) is 0. The molecule has 2 amide bonds. The minimum absolute atomic E-state index is 0.138. The first-order chi connectivity index (χ1) is 6.11. The third-order valence-electron chi connectivity index (χ3n) is 1.44. The van der Waals surface area contributed by atoms with Gasteiger partial charge in [-0.2, -0.15) is 0 Å². The SMILES string of the molecule is NC(=O)C1=CC=CC=C(C(N)=O)N1. The molecule has 5 N–H and O–H groups in total. The van der Waals surface area contributed by atoms with Gasteiger partial charge < -0.3 is 16.8 Å². The Kier molecular flexibility index (Phi) is 2.49. The molecule has 0 spiro atoms. The number of carbonyl (C=O) groups is 2.